The topological polar surface area (TPSA) is 57.6 Å². The van der Waals surface area contributed by atoms with Crippen LogP contribution in [0, 0.1) is 0 Å². The van der Waals surface area contributed by atoms with Gasteiger partial charge >= 0.3 is 0 Å². The molecule has 0 aliphatic heterocycles. The molecule has 1 N–H and O–H groups in total. The summed E-state index contributed by atoms with van der Waals surface area (Å²) in [6.07, 6.45) is 2.96. The van der Waals surface area contributed by atoms with Gasteiger partial charge in [0.05, 0.1) is 6.61 Å². The van der Waals surface area contributed by atoms with Crippen molar-refractivity contribution in [3.05, 3.63) is 52.9 Å². The molecule has 0 aliphatic rings. The molecule has 1 aromatic rings. The number of sulfonamides is 1. The van der Waals surface area contributed by atoms with E-state index in [-0.39, 0.29) is 19.7 Å². The van der Waals surface area contributed by atoms with Crippen LogP contribution in [0.5, 0.6) is 0 Å². The highest BCUT2D eigenvalue weighted by molar-refractivity contribution is 7.92. The first-order chi connectivity index (χ1) is 8.99. The van der Waals surface area contributed by atoms with Crippen molar-refractivity contribution in [3.8, 4) is 0 Å². The zero-order valence-electron chi connectivity index (χ0n) is 10.4. The Kier molecular flexibility index (Phi) is 6.24. The number of hydrogen-bond acceptors (Lipinski definition) is 3. The molecule has 6 heteroatoms. The largest absolute Gasteiger partial charge is 0.395 e. The van der Waals surface area contributed by atoms with Gasteiger partial charge < -0.3 is 5.11 Å². The minimum atomic E-state index is -3.57. The summed E-state index contributed by atoms with van der Waals surface area (Å²) in [4.78, 5) is 0. The molecular formula is C13H16ClNO3S. The van der Waals surface area contributed by atoms with E-state index in [0.717, 1.165) is 15.3 Å². The fourth-order valence-electron chi connectivity index (χ4n) is 1.40. The van der Waals surface area contributed by atoms with Gasteiger partial charge in [0, 0.05) is 23.5 Å². The minimum Gasteiger partial charge on any atom is -0.395 e. The molecule has 0 unspecified atom stereocenters. The van der Waals surface area contributed by atoms with E-state index < -0.39 is 10.0 Å². The second-order valence-corrected chi connectivity index (χ2v) is 6.02. The lowest BCUT2D eigenvalue weighted by atomic mass is 10.2. The van der Waals surface area contributed by atoms with Gasteiger partial charge in [-0.3, -0.25) is 0 Å². The zero-order chi connectivity index (χ0) is 14.3. The maximum Gasteiger partial charge on any atom is 0.236 e. The average molecular weight is 302 g/mol. The minimum absolute atomic E-state index is 0.0410. The summed E-state index contributed by atoms with van der Waals surface area (Å²) in [6.45, 7) is 3.47. The van der Waals surface area contributed by atoms with Gasteiger partial charge in [0.2, 0.25) is 10.0 Å². The molecule has 0 fully saturated rings. The molecule has 104 valence electrons. The first-order valence-electron chi connectivity index (χ1n) is 5.65. The van der Waals surface area contributed by atoms with Crippen LogP contribution in [-0.2, 0) is 10.0 Å². The summed E-state index contributed by atoms with van der Waals surface area (Å²) < 4.78 is 25.2. The van der Waals surface area contributed by atoms with Crippen LogP contribution in [0.15, 0.2) is 42.3 Å². The van der Waals surface area contributed by atoms with Gasteiger partial charge in [0.25, 0.3) is 0 Å². The van der Waals surface area contributed by atoms with Gasteiger partial charge in [-0.25, -0.2) is 8.42 Å². The molecule has 0 aliphatic carbocycles. The molecule has 1 aromatic carbocycles. The van der Waals surface area contributed by atoms with Gasteiger partial charge in [-0.15, -0.1) is 6.58 Å². The van der Waals surface area contributed by atoms with Crippen LogP contribution in [0.25, 0.3) is 6.08 Å². The lowest BCUT2D eigenvalue weighted by Crippen LogP contribution is -2.32. The fraction of sp³-hybridized carbons (Fsp3) is 0.231. The van der Waals surface area contributed by atoms with Crippen molar-refractivity contribution in [3.63, 3.8) is 0 Å². The monoisotopic (exact) mass is 301 g/mol. The number of halogens is 1. The fourth-order valence-corrected chi connectivity index (χ4v) is 2.68. The van der Waals surface area contributed by atoms with Crippen LogP contribution in [0.2, 0.25) is 5.02 Å². The van der Waals surface area contributed by atoms with Crippen molar-refractivity contribution < 1.29 is 13.5 Å². The number of aliphatic hydroxyl groups is 1. The number of nitrogens with zero attached hydrogens (tertiary/aromatic N) is 1. The molecule has 1 rings (SSSR count). The first-order valence-corrected chi connectivity index (χ1v) is 7.53. The number of rotatable bonds is 7. The molecule has 0 spiro atoms. The molecule has 0 amide bonds. The Morgan fingerprint density at radius 1 is 1.32 bits per heavy atom. The normalized spacial score (nSPS) is 12.2. The third-order valence-corrected chi connectivity index (χ3v) is 4.13. The van der Waals surface area contributed by atoms with Crippen molar-refractivity contribution in [1.82, 2.24) is 4.31 Å². The lowest BCUT2D eigenvalue weighted by Gasteiger charge is -2.16. The third kappa shape index (κ3) is 5.16. The van der Waals surface area contributed by atoms with Crippen molar-refractivity contribution in [2.45, 2.75) is 0 Å². The highest BCUT2D eigenvalue weighted by Crippen LogP contribution is 2.12. The molecule has 0 bridgehead atoms. The van der Waals surface area contributed by atoms with Gasteiger partial charge in [-0.2, -0.15) is 4.31 Å². The predicted molar refractivity (Wildman–Crippen MR) is 78.3 cm³/mol. The molecule has 0 heterocycles. The van der Waals surface area contributed by atoms with E-state index >= 15 is 0 Å². The Bertz CT molecular complexity index is 538. The maximum absolute atomic E-state index is 12.0. The van der Waals surface area contributed by atoms with Gasteiger partial charge in [-0.05, 0) is 23.8 Å². The quantitative estimate of drug-likeness (QED) is 0.785. The Labute approximate surface area is 118 Å². The van der Waals surface area contributed by atoms with E-state index in [0.29, 0.717) is 5.02 Å². The third-order valence-electron chi connectivity index (χ3n) is 2.34. The van der Waals surface area contributed by atoms with E-state index in [9.17, 15) is 8.42 Å². The number of aliphatic hydroxyl groups excluding tert-OH is 1. The number of benzene rings is 1. The molecule has 0 saturated carbocycles. The molecule has 4 nitrogen and oxygen atoms in total. The summed E-state index contributed by atoms with van der Waals surface area (Å²) in [5, 5.41) is 10.6. The van der Waals surface area contributed by atoms with Crippen LogP contribution in [-0.4, -0.2) is 37.5 Å². The Balaban J connectivity index is 2.87. The second kappa shape index (κ2) is 7.45. The van der Waals surface area contributed by atoms with Crippen LogP contribution in [0.1, 0.15) is 5.56 Å². The summed E-state index contributed by atoms with van der Waals surface area (Å²) in [6, 6.07) is 6.81. The lowest BCUT2D eigenvalue weighted by molar-refractivity contribution is 0.261. The van der Waals surface area contributed by atoms with Gasteiger partial charge in [0.1, 0.15) is 0 Å². The van der Waals surface area contributed by atoms with E-state index in [1.54, 1.807) is 24.3 Å². The average Bonchev–Trinajstić information content (AvgIpc) is 2.38. The van der Waals surface area contributed by atoms with Crippen LogP contribution in [0.4, 0.5) is 0 Å². The molecule has 19 heavy (non-hydrogen) atoms. The van der Waals surface area contributed by atoms with Crippen molar-refractivity contribution in [2.75, 3.05) is 19.7 Å². The summed E-state index contributed by atoms with van der Waals surface area (Å²) in [7, 11) is -3.57. The van der Waals surface area contributed by atoms with Gasteiger partial charge in [-0.1, -0.05) is 29.8 Å². The number of hydrogen-bond donors (Lipinski definition) is 1. The second-order valence-electron chi connectivity index (χ2n) is 3.77. The molecule has 0 aromatic heterocycles. The van der Waals surface area contributed by atoms with Crippen LogP contribution < -0.4 is 0 Å². The first kappa shape index (κ1) is 15.9. The highest BCUT2D eigenvalue weighted by atomic mass is 35.5. The zero-order valence-corrected chi connectivity index (χ0v) is 11.9. The Morgan fingerprint density at radius 3 is 2.47 bits per heavy atom. The highest BCUT2D eigenvalue weighted by Gasteiger charge is 2.16. The SMILES string of the molecule is C=CCN(CCO)S(=O)(=O)/C=C/c1ccc(Cl)cc1. The molecular weight excluding hydrogens is 286 g/mol. The van der Waals surface area contributed by atoms with Crippen molar-refractivity contribution in [2.24, 2.45) is 0 Å². The van der Waals surface area contributed by atoms with Crippen molar-refractivity contribution >= 4 is 27.7 Å². The van der Waals surface area contributed by atoms with E-state index in [2.05, 4.69) is 6.58 Å². The van der Waals surface area contributed by atoms with Crippen LogP contribution >= 0.6 is 11.6 Å². The molecule has 0 radical (unpaired) electrons. The van der Waals surface area contributed by atoms with Gasteiger partial charge in [0.15, 0.2) is 0 Å². The molecule has 0 atom stereocenters. The standard InChI is InChI=1S/C13H16ClNO3S/c1-2-8-15(9-10-16)19(17,18)11-7-12-3-5-13(14)6-4-12/h2-7,11,16H,1,8-10H2/b11-7+. The summed E-state index contributed by atoms with van der Waals surface area (Å²) in [5.74, 6) is 0. The maximum atomic E-state index is 12.0. The Morgan fingerprint density at radius 2 is 1.95 bits per heavy atom. The summed E-state index contributed by atoms with van der Waals surface area (Å²) >= 11 is 5.75. The van der Waals surface area contributed by atoms with E-state index in [1.807, 2.05) is 0 Å². The van der Waals surface area contributed by atoms with E-state index in [1.165, 1.54) is 12.2 Å². The smallest absolute Gasteiger partial charge is 0.236 e. The van der Waals surface area contributed by atoms with E-state index in [4.69, 9.17) is 16.7 Å². The summed E-state index contributed by atoms with van der Waals surface area (Å²) in [5.41, 5.74) is 0.732. The molecule has 0 saturated heterocycles. The predicted octanol–water partition coefficient (Wildman–Crippen LogP) is 2.12. The van der Waals surface area contributed by atoms with Crippen molar-refractivity contribution in [1.29, 1.82) is 0 Å². The van der Waals surface area contributed by atoms with Crippen LogP contribution in [0.3, 0.4) is 0 Å². The Hall–Kier alpha value is -1.14.